The van der Waals surface area contributed by atoms with Crippen molar-refractivity contribution in [1.29, 1.82) is 0 Å². The van der Waals surface area contributed by atoms with Gasteiger partial charge in [0.15, 0.2) is 6.61 Å². The largest absolute Gasteiger partial charge is 0.484 e. The first-order chi connectivity index (χ1) is 16.2. The van der Waals surface area contributed by atoms with Crippen LogP contribution in [0.4, 0.5) is 11.4 Å². The van der Waals surface area contributed by atoms with E-state index in [1.165, 1.54) is 24.3 Å². The summed E-state index contributed by atoms with van der Waals surface area (Å²) >= 11 is 0. The van der Waals surface area contributed by atoms with E-state index < -0.39 is 10.0 Å². The molecule has 0 spiro atoms. The Morgan fingerprint density at radius 3 is 2.12 bits per heavy atom. The molecule has 3 rings (SSSR count). The van der Waals surface area contributed by atoms with Gasteiger partial charge in [0.25, 0.3) is 21.8 Å². The van der Waals surface area contributed by atoms with E-state index in [1.54, 1.807) is 36.4 Å². The van der Waals surface area contributed by atoms with Crippen LogP contribution in [0.25, 0.3) is 0 Å². The van der Waals surface area contributed by atoms with Gasteiger partial charge in [-0.05, 0) is 92.6 Å². The van der Waals surface area contributed by atoms with Gasteiger partial charge in [0, 0.05) is 23.5 Å². The molecule has 9 heteroatoms. The average Bonchev–Trinajstić information content (AvgIpc) is 2.81. The molecule has 0 unspecified atom stereocenters. The molecule has 0 fully saturated rings. The summed E-state index contributed by atoms with van der Waals surface area (Å²) in [5.74, 6) is -0.105. The highest BCUT2D eigenvalue weighted by atomic mass is 32.2. The van der Waals surface area contributed by atoms with Crippen LogP contribution in [0.3, 0.4) is 0 Å². The second-order valence-electron chi connectivity index (χ2n) is 7.65. The van der Waals surface area contributed by atoms with Crippen LogP contribution in [-0.4, -0.2) is 33.4 Å². The first kappa shape index (κ1) is 24.8. The molecule has 0 radical (unpaired) electrons. The van der Waals surface area contributed by atoms with E-state index in [0.717, 1.165) is 11.1 Å². The van der Waals surface area contributed by atoms with E-state index in [0.29, 0.717) is 29.2 Å². The number of amides is 2. The van der Waals surface area contributed by atoms with E-state index >= 15 is 0 Å². The molecule has 0 heterocycles. The Morgan fingerprint density at radius 2 is 1.50 bits per heavy atom. The molecule has 3 aromatic carbocycles. The Balaban J connectivity index is 1.61. The van der Waals surface area contributed by atoms with Crippen molar-refractivity contribution in [1.82, 2.24) is 5.32 Å². The summed E-state index contributed by atoms with van der Waals surface area (Å²) in [5.41, 5.74) is 3.36. The first-order valence-corrected chi connectivity index (χ1v) is 12.2. The molecule has 0 saturated heterocycles. The van der Waals surface area contributed by atoms with E-state index in [4.69, 9.17) is 4.74 Å². The molecule has 3 aromatic rings. The maximum absolute atomic E-state index is 12.7. The Kier molecular flexibility index (Phi) is 7.91. The number of hydrogen-bond acceptors (Lipinski definition) is 5. The molecule has 0 atom stereocenters. The number of likely N-dealkylation sites (N-methyl/N-ethyl adjacent to an activating group) is 1. The minimum absolute atomic E-state index is 0.0517. The fraction of sp³-hybridized carbons (Fsp3) is 0.200. The number of sulfonamides is 1. The summed E-state index contributed by atoms with van der Waals surface area (Å²) in [6.07, 6.45) is 0. The Bertz CT molecular complexity index is 1270. The third kappa shape index (κ3) is 6.58. The molecule has 0 aliphatic heterocycles. The zero-order valence-corrected chi connectivity index (χ0v) is 20.0. The number of anilines is 2. The molecule has 3 N–H and O–H groups in total. The predicted molar refractivity (Wildman–Crippen MR) is 132 cm³/mol. The molecular weight excluding hydrogens is 454 g/mol. The van der Waals surface area contributed by atoms with E-state index in [1.807, 2.05) is 26.8 Å². The molecule has 0 aliphatic carbocycles. The number of hydrogen-bond donors (Lipinski definition) is 3. The summed E-state index contributed by atoms with van der Waals surface area (Å²) in [7, 11) is -3.79. The van der Waals surface area contributed by atoms with Crippen molar-refractivity contribution in [3.8, 4) is 5.75 Å². The number of carbonyl (C=O) groups excluding carboxylic acids is 2. The normalized spacial score (nSPS) is 10.9. The minimum atomic E-state index is -3.79. The van der Waals surface area contributed by atoms with Gasteiger partial charge in [-0.25, -0.2) is 8.42 Å². The van der Waals surface area contributed by atoms with Crippen molar-refractivity contribution in [3.05, 3.63) is 83.4 Å². The van der Waals surface area contributed by atoms with Crippen LogP contribution in [0.2, 0.25) is 0 Å². The summed E-state index contributed by atoms with van der Waals surface area (Å²) in [4.78, 5) is 24.1. The predicted octanol–water partition coefficient (Wildman–Crippen LogP) is 3.87. The fourth-order valence-electron chi connectivity index (χ4n) is 3.04. The lowest BCUT2D eigenvalue weighted by Crippen LogP contribution is -2.28. The lowest BCUT2D eigenvalue weighted by molar-refractivity contribution is -0.122. The van der Waals surface area contributed by atoms with Crippen molar-refractivity contribution in [2.24, 2.45) is 0 Å². The fourth-order valence-corrected chi connectivity index (χ4v) is 4.09. The number of ether oxygens (including phenoxy) is 1. The molecule has 0 aliphatic rings. The molecule has 34 heavy (non-hydrogen) atoms. The molecule has 0 bridgehead atoms. The van der Waals surface area contributed by atoms with Crippen LogP contribution in [-0.2, 0) is 14.8 Å². The quantitative estimate of drug-likeness (QED) is 0.429. The van der Waals surface area contributed by atoms with Gasteiger partial charge in [0.1, 0.15) is 5.75 Å². The van der Waals surface area contributed by atoms with Gasteiger partial charge in [-0.15, -0.1) is 0 Å². The third-order valence-corrected chi connectivity index (χ3v) is 6.44. The molecule has 2 amide bonds. The molecule has 178 valence electrons. The summed E-state index contributed by atoms with van der Waals surface area (Å²) in [5, 5.41) is 5.38. The van der Waals surface area contributed by atoms with Crippen molar-refractivity contribution in [2.75, 3.05) is 23.2 Å². The van der Waals surface area contributed by atoms with Crippen LogP contribution in [0.5, 0.6) is 5.75 Å². The highest BCUT2D eigenvalue weighted by molar-refractivity contribution is 7.92. The maximum Gasteiger partial charge on any atom is 0.261 e. The molecular formula is C25H27N3O5S. The lowest BCUT2D eigenvalue weighted by atomic mass is 10.1. The standard InChI is InChI=1S/C25H27N3O5S/c1-4-26-24(29)16-33-22-11-9-20(10-12-22)27-25(30)19-6-13-23(14-7-19)34(31,32)28-21-8-5-17(2)18(3)15-21/h5-15,28H,4,16H2,1-3H3,(H,26,29)(H,27,30). The first-order valence-electron chi connectivity index (χ1n) is 10.7. The highest BCUT2D eigenvalue weighted by Crippen LogP contribution is 2.20. The SMILES string of the molecule is CCNC(=O)COc1ccc(NC(=O)c2ccc(S(=O)(=O)Nc3ccc(C)c(C)c3)cc2)cc1. The topological polar surface area (TPSA) is 114 Å². The van der Waals surface area contributed by atoms with Gasteiger partial charge in [-0.1, -0.05) is 6.07 Å². The van der Waals surface area contributed by atoms with Gasteiger partial charge >= 0.3 is 0 Å². The Morgan fingerprint density at radius 1 is 0.853 bits per heavy atom. The van der Waals surface area contributed by atoms with Crippen LogP contribution in [0.15, 0.2) is 71.6 Å². The van der Waals surface area contributed by atoms with Crippen molar-refractivity contribution < 1.29 is 22.7 Å². The van der Waals surface area contributed by atoms with Crippen LogP contribution in [0.1, 0.15) is 28.4 Å². The van der Waals surface area contributed by atoms with E-state index in [-0.39, 0.29) is 23.3 Å². The molecule has 8 nitrogen and oxygen atoms in total. The van der Waals surface area contributed by atoms with Gasteiger partial charge in [0.2, 0.25) is 0 Å². The smallest absolute Gasteiger partial charge is 0.261 e. The summed E-state index contributed by atoms with van der Waals surface area (Å²) in [6.45, 7) is 6.13. The van der Waals surface area contributed by atoms with E-state index in [9.17, 15) is 18.0 Å². The number of rotatable bonds is 9. The molecule has 0 saturated carbocycles. The Hall–Kier alpha value is -3.85. The van der Waals surface area contributed by atoms with Crippen molar-refractivity contribution >= 4 is 33.2 Å². The monoisotopic (exact) mass is 481 g/mol. The minimum Gasteiger partial charge on any atom is -0.484 e. The van der Waals surface area contributed by atoms with Gasteiger partial charge in [-0.3, -0.25) is 14.3 Å². The average molecular weight is 482 g/mol. The summed E-state index contributed by atoms with van der Waals surface area (Å²) in [6, 6.07) is 17.6. The van der Waals surface area contributed by atoms with Crippen LogP contribution < -0.4 is 20.1 Å². The highest BCUT2D eigenvalue weighted by Gasteiger charge is 2.16. The summed E-state index contributed by atoms with van der Waals surface area (Å²) < 4.78 is 33.3. The molecule has 0 aromatic heterocycles. The number of carbonyl (C=O) groups is 2. The van der Waals surface area contributed by atoms with E-state index in [2.05, 4.69) is 15.4 Å². The number of aryl methyl sites for hydroxylation is 2. The number of nitrogens with one attached hydrogen (secondary N) is 3. The zero-order valence-electron chi connectivity index (χ0n) is 19.2. The third-order valence-electron chi connectivity index (χ3n) is 5.04. The number of benzene rings is 3. The van der Waals surface area contributed by atoms with Gasteiger partial charge < -0.3 is 15.4 Å². The zero-order chi connectivity index (χ0) is 24.7. The van der Waals surface area contributed by atoms with Crippen molar-refractivity contribution in [2.45, 2.75) is 25.7 Å². The van der Waals surface area contributed by atoms with Crippen LogP contribution >= 0.6 is 0 Å². The van der Waals surface area contributed by atoms with Crippen molar-refractivity contribution in [3.63, 3.8) is 0 Å². The second-order valence-corrected chi connectivity index (χ2v) is 9.33. The van der Waals surface area contributed by atoms with Gasteiger partial charge in [0.05, 0.1) is 4.90 Å². The lowest BCUT2D eigenvalue weighted by Gasteiger charge is -2.11. The Labute approximate surface area is 199 Å². The van der Waals surface area contributed by atoms with Crippen LogP contribution in [0, 0.1) is 13.8 Å². The second kappa shape index (κ2) is 10.8. The maximum atomic E-state index is 12.7. The van der Waals surface area contributed by atoms with Gasteiger partial charge in [-0.2, -0.15) is 0 Å².